The fraction of sp³-hybridized carbons (Fsp3) is 0.333. The van der Waals surface area contributed by atoms with Gasteiger partial charge in [0.25, 0.3) is 0 Å². The standard InChI is InChI=1S/C12H15BrN2O3/c1-15-11(16)3-2-6-18-12(17)9-7-8(14)4-5-10(9)13/h4-5,7H,2-3,6,14H2,1H3,(H,15,16). The summed E-state index contributed by atoms with van der Waals surface area (Å²) in [5, 5.41) is 2.50. The van der Waals surface area contributed by atoms with Crippen molar-refractivity contribution in [1.82, 2.24) is 5.32 Å². The number of esters is 1. The van der Waals surface area contributed by atoms with Crippen molar-refractivity contribution in [3.63, 3.8) is 0 Å². The SMILES string of the molecule is CNC(=O)CCCOC(=O)c1cc(N)ccc1Br. The molecule has 0 aliphatic carbocycles. The molecule has 1 aromatic carbocycles. The van der Waals surface area contributed by atoms with Gasteiger partial charge in [-0.1, -0.05) is 0 Å². The van der Waals surface area contributed by atoms with Gasteiger partial charge in [-0.2, -0.15) is 0 Å². The second-order valence-corrected chi connectivity index (χ2v) is 4.51. The smallest absolute Gasteiger partial charge is 0.339 e. The highest BCUT2D eigenvalue weighted by Crippen LogP contribution is 2.20. The van der Waals surface area contributed by atoms with Crippen molar-refractivity contribution in [2.45, 2.75) is 12.8 Å². The number of ether oxygens (including phenoxy) is 1. The largest absolute Gasteiger partial charge is 0.462 e. The number of nitrogen functional groups attached to an aromatic ring is 1. The molecule has 0 aromatic heterocycles. The van der Waals surface area contributed by atoms with Gasteiger partial charge >= 0.3 is 5.97 Å². The molecule has 0 bridgehead atoms. The summed E-state index contributed by atoms with van der Waals surface area (Å²) in [4.78, 5) is 22.7. The number of carbonyl (C=O) groups is 2. The fourth-order valence-corrected chi connectivity index (χ4v) is 1.71. The van der Waals surface area contributed by atoms with Crippen LogP contribution in [0, 0.1) is 0 Å². The molecule has 1 aromatic rings. The molecule has 98 valence electrons. The van der Waals surface area contributed by atoms with Crippen LogP contribution in [0.1, 0.15) is 23.2 Å². The zero-order chi connectivity index (χ0) is 13.5. The van der Waals surface area contributed by atoms with Gasteiger partial charge in [-0.15, -0.1) is 0 Å². The number of anilines is 1. The number of benzene rings is 1. The van der Waals surface area contributed by atoms with Gasteiger partial charge in [0.15, 0.2) is 0 Å². The van der Waals surface area contributed by atoms with E-state index in [0.717, 1.165) is 0 Å². The summed E-state index contributed by atoms with van der Waals surface area (Å²) in [7, 11) is 1.57. The molecule has 1 amide bonds. The second-order valence-electron chi connectivity index (χ2n) is 3.65. The van der Waals surface area contributed by atoms with Crippen LogP contribution in [0.2, 0.25) is 0 Å². The average molecular weight is 315 g/mol. The zero-order valence-electron chi connectivity index (χ0n) is 10.0. The lowest BCUT2D eigenvalue weighted by Crippen LogP contribution is -2.18. The molecule has 0 unspecified atom stereocenters. The molecule has 0 spiro atoms. The van der Waals surface area contributed by atoms with Gasteiger partial charge in [-0.25, -0.2) is 4.79 Å². The fourth-order valence-electron chi connectivity index (χ4n) is 1.30. The van der Waals surface area contributed by atoms with E-state index in [1.54, 1.807) is 25.2 Å². The van der Waals surface area contributed by atoms with Crippen molar-refractivity contribution in [2.24, 2.45) is 0 Å². The molecule has 0 aliphatic rings. The molecule has 18 heavy (non-hydrogen) atoms. The predicted octanol–water partition coefficient (Wildman–Crippen LogP) is 1.71. The lowest BCUT2D eigenvalue weighted by atomic mass is 10.2. The first-order chi connectivity index (χ1) is 8.54. The number of nitrogens with two attached hydrogens (primary N) is 1. The number of halogens is 1. The van der Waals surface area contributed by atoms with Crippen LogP contribution in [0.5, 0.6) is 0 Å². The Labute approximate surface area is 114 Å². The van der Waals surface area contributed by atoms with E-state index in [1.165, 1.54) is 0 Å². The number of carbonyl (C=O) groups excluding carboxylic acids is 2. The average Bonchev–Trinajstić information content (AvgIpc) is 2.36. The molecule has 0 radical (unpaired) electrons. The highest BCUT2D eigenvalue weighted by molar-refractivity contribution is 9.10. The monoisotopic (exact) mass is 314 g/mol. The molecule has 0 saturated carbocycles. The minimum atomic E-state index is -0.453. The Bertz CT molecular complexity index is 449. The minimum absolute atomic E-state index is 0.0730. The van der Waals surface area contributed by atoms with Gasteiger partial charge in [-0.3, -0.25) is 4.79 Å². The molecule has 0 aliphatic heterocycles. The number of rotatable bonds is 5. The van der Waals surface area contributed by atoms with Gasteiger partial charge in [0.1, 0.15) is 0 Å². The van der Waals surface area contributed by atoms with E-state index in [-0.39, 0.29) is 12.5 Å². The van der Waals surface area contributed by atoms with Crippen LogP contribution in [0.25, 0.3) is 0 Å². The highest BCUT2D eigenvalue weighted by atomic mass is 79.9. The molecular weight excluding hydrogens is 300 g/mol. The van der Waals surface area contributed by atoms with E-state index in [4.69, 9.17) is 10.5 Å². The summed E-state index contributed by atoms with van der Waals surface area (Å²) >= 11 is 3.25. The third-order valence-corrected chi connectivity index (χ3v) is 2.96. The van der Waals surface area contributed by atoms with Gasteiger partial charge in [0.2, 0.25) is 5.91 Å². The Balaban J connectivity index is 2.46. The number of hydrogen-bond acceptors (Lipinski definition) is 4. The van der Waals surface area contributed by atoms with Crippen LogP contribution < -0.4 is 11.1 Å². The van der Waals surface area contributed by atoms with E-state index in [1.807, 2.05) is 0 Å². The minimum Gasteiger partial charge on any atom is -0.462 e. The normalized spacial score (nSPS) is 9.89. The van der Waals surface area contributed by atoms with E-state index in [2.05, 4.69) is 21.2 Å². The summed E-state index contributed by atoms with van der Waals surface area (Å²) < 4.78 is 5.69. The molecule has 0 atom stereocenters. The first-order valence-electron chi connectivity index (χ1n) is 5.47. The van der Waals surface area contributed by atoms with Crippen LogP contribution in [0.4, 0.5) is 5.69 Å². The van der Waals surface area contributed by atoms with Crippen LogP contribution in [0.3, 0.4) is 0 Å². The molecule has 3 N–H and O–H groups in total. The Hall–Kier alpha value is -1.56. The van der Waals surface area contributed by atoms with Gasteiger partial charge < -0.3 is 15.8 Å². The summed E-state index contributed by atoms with van der Waals surface area (Å²) in [5.41, 5.74) is 6.48. The Morgan fingerprint density at radius 2 is 2.17 bits per heavy atom. The van der Waals surface area contributed by atoms with Crippen molar-refractivity contribution < 1.29 is 14.3 Å². The van der Waals surface area contributed by atoms with Gasteiger partial charge in [0.05, 0.1) is 12.2 Å². The van der Waals surface area contributed by atoms with Crippen molar-refractivity contribution in [2.75, 3.05) is 19.4 Å². The molecule has 6 heteroatoms. The molecule has 0 saturated heterocycles. The number of nitrogens with one attached hydrogen (secondary N) is 1. The maximum atomic E-state index is 11.7. The molecule has 1 rings (SSSR count). The first-order valence-corrected chi connectivity index (χ1v) is 6.26. The second kappa shape index (κ2) is 7.00. The van der Waals surface area contributed by atoms with Crippen molar-refractivity contribution in [1.29, 1.82) is 0 Å². The maximum Gasteiger partial charge on any atom is 0.339 e. The summed E-state index contributed by atoms with van der Waals surface area (Å²) in [6.07, 6.45) is 0.827. The lowest BCUT2D eigenvalue weighted by Gasteiger charge is -2.07. The predicted molar refractivity (Wildman–Crippen MR) is 72.1 cm³/mol. The van der Waals surface area contributed by atoms with Crippen molar-refractivity contribution in [3.8, 4) is 0 Å². The van der Waals surface area contributed by atoms with E-state index in [9.17, 15) is 9.59 Å². The van der Waals surface area contributed by atoms with Gasteiger partial charge in [0, 0.05) is 23.6 Å². The van der Waals surface area contributed by atoms with E-state index >= 15 is 0 Å². The van der Waals surface area contributed by atoms with Crippen molar-refractivity contribution >= 4 is 33.5 Å². The third-order valence-electron chi connectivity index (χ3n) is 2.27. The van der Waals surface area contributed by atoms with Crippen LogP contribution in [-0.2, 0) is 9.53 Å². The van der Waals surface area contributed by atoms with Crippen molar-refractivity contribution in [3.05, 3.63) is 28.2 Å². The van der Waals surface area contributed by atoms with Crippen LogP contribution in [-0.4, -0.2) is 25.5 Å². The number of amides is 1. The topological polar surface area (TPSA) is 81.4 Å². The highest BCUT2D eigenvalue weighted by Gasteiger charge is 2.11. The van der Waals surface area contributed by atoms with Gasteiger partial charge in [-0.05, 0) is 40.5 Å². The maximum absolute atomic E-state index is 11.7. The molecule has 0 heterocycles. The van der Waals surface area contributed by atoms with E-state index in [0.29, 0.717) is 28.6 Å². The first kappa shape index (κ1) is 14.5. The molecular formula is C12H15BrN2O3. The number of hydrogen-bond donors (Lipinski definition) is 2. The Morgan fingerprint density at radius 3 is 2.83 bits per heavy atom. The summed E-state index contributed by atoms with van der Waals surface area (Å²) in [6.45, 7) is 0.202. The lowest BCUT2D eigenvalue weighted by molar-refractivity contribution is -0.120. The third kappa shape index (κ3) is 4.37. The summed E-state index contributed by atoms with van der Waals surface area (Å²) in [5.74, 6) is -0.526. The van der Waals surface area contributed by atoms with Crippen LogP contribution >= 0.6 is 15.9 Å². The molecule has 0 fully saturated rings. The zero-order valence-corrected chi connectivity index (χ0v) is 11.6. The van der Waals surface area contributed by atoms with E-state index < -0.39 is 5.97 Å². The summed E-state index contributed by atoms with van der Waals surface area (Å²) in [6, 6.07) is 4.92. The Kier molecular flexibility index (Phi) is 5.64. The molecule has 5 nitrogen and oxygen atoms in total. The quantitative estimate of drug-likeness (QED) is 0.492. The van der Waals surface area contributed by atoms with Crippen LogP contribution in [0.15, 0.2) is 22.7 Å². The Morgan fingerprint density at radius 1 is 1.44 bits per heavy atom.